The van der Waals surface area contributed by atoms with Gasteiger partial charge in [0.05, 0.1) is 0 Å². The molecule has 0 saturated carbocycles. The second kappa shape index (κ2) is 7.38. The highest BCUT2D eigenvalue weighted by Gasteiger charge is 2.16. The van der Waals surface area contributed by atoms with Gasteiger partial charge in [0, 0.05) is 31.2 Å². The smallest absolute Gasteiger partial charge is 0.0485 e. The largest absolute Gasteiger partial charge is 0.361 e. The lowest BCUT2D eigenvalue weighted by Gasteiger charge is -2.15. The predicted molar refractivity (Wildman–Crippen MR) is 108 cm³/mol. The molecule has 0 aliphatic carbocycles. The molecule has 25 heavy (non-hydrogen) atoms. The molecule has 4 rings (SSSR count). The summed E-state index contributed by atoms with van der Waals surface area (Å²) in [7, 11) is -0.637. The van der Waals surface area contributed by atoms with E-state index in [4.69, 9.17) is 0 Å². The van der Waals surface area contributed by atoms with Crippen molar-refractivity contribution in [1.82, 2.24) is 9.97 Å². The predicted octanol–water partition coefficient (Wildman–Crippen LogP) is 4.86. The summed E-state index contributed by atoms with van der Waals surface area (Å²) in [4.78, 5) is 6.80. The SMILES string of the molecule is C(=C(c1ccccc1)c1ccccc1)P(c1ccc[nH]1)c1ccc[nH]1. The van der Waals surface area contributed by atoms with Crippen LogP contribution in [-0.4, -0.2) is 9.97 Å². The van der Waals surface area contributed by atoms with Gasteiger partial charge in [-0.15, -0.1) is 0 Å². The Morgan fingerprint density at radius 1 is 0.600 bits per heavy atom. The number of aromatic amines is 2. The van der Waals surface area contributed by atoms with Crippen molar-refractivity contribution < 1.29 is 0 Å². The molecule has 0 aliphatic rings. The molecule has 2 aromatic heterocycles. The third-order valence-electron chi connectivity index (χ3n) is 4.11. The number of hydrogen-bond donors (Lipinski definition) is 2. The zero-order valence-electron chi connectivity index (χ0n) is 13.8. The Morgan fingerprint density at radius 3 is 1.48 bits per heavy atom. The zero-order valence-corrected chi connectivity index (χ0v) is 14.7. The topological polar surface area (TPSA) is 31.6 Å². The monoisotopic (exact) mass is 342 g/mol. The number of benzene rings is 2. The van der Waals surface area contributed by atoms with Crippen LogP contribution in [0.15, 0.2) is 103 Å². The standard InChI is InChI=1S/C22H19N2P/c1-3-9-18(10-4-1)20(19-11-5-2-6-12-19)17-25(21-13-7-15-23-21)22-14-8-16-24-22/h1-17,23-24H. The molecule has 0 radical (unpaired) electrons. The summed E-state index contributed by atoms with van der Waals surface area (Å²) < 4.78 is 0. The summed E-state index contributed by atoms with van der Waals surface area (Å²) in [6.07, 6.45) is 3.98. The van der Waals surface area contributed by atoms with Gasteiger partial charge in [0.1, 0.15) is 0 Å². The minimum absolute atomic E-state index is 0.637. The Balaban J connectivity index is 1.87. The van der Waals surface area contributed by atoms with Crippen LogP contribution in [0.2, 0.25) is 0 Å². The van der Waals surface area contributed by atoms with Crippen molar-refractivity contribution in [3.63, 3.8) is 0 Å². The molecule has 2 aromatic carbocycles. The number of aromatic nitrogens is 2. The molecular formula is C22H19N2P. The van der Waals surface area contributed by atoms with Gasteiger partial charge >= 0.3 is 0 Å². The summed E-state index contributed by atoms with van der Waals surface area (Å²) in [5.74, 6) is 2.40. The quantitative estimate of drug-likeness (QED) is 0.485. The summed E-state index contributed by atoms with van der Waals surface area (Å²) >= 11 is 0. The van der Waals surface area contributed by atoms with Crippen molar-refractivity contribution in [1.29, 1.82) is 0 Å². The van der Waals surface area contributed by atoms with Gasteiger partial charge in [-0.3, -0.25) is 0 Å². The van der Waals surface area contributed by atoms with E-state index >= 15 is 0 Å². The molecule has 4 aromatic rings. The zero-order chi connectivity index (χ0) is 16.9. The molecular weight excluding hydrogens is 323 g/mol. The van der Waals surface area contributed by atoms with Crippen molar-refractivity contribution >= 4 is 24.4 Å². The molecule has 0 saturated heterocycles. The third kappa shape index (κ3) is 3.50. The first kappa shape index (κ1) is 15.7. The van der Waals surface area contributed by atoms with E-state index in [0.29, 0.717) is 0 Å². The molecule has 122 valence electrons. The van der Waals surface area contributed by atoms with Crippen molar-refractivity contribution in [2.45, 2.75) is 0 Å². The lowest BCUT2D eigenvalue weighted by Crippen LogP contribution is -2.12. The van der Waals surface area contributed by atoms with Crippen molar-refractivity contribution in [3.8, 4) is 0 Å². The molecule has 2 N–H and O–H groups in total. The molecule has 3 heteroatoms. The van der Waals surface area contributed by atoms with Crippen LogP contribution < -0.4 is 10.9 Å². The normalized spacial score (nSPS) is 10.8. The minimum atomic E-state index is -0.637. The van der Waals surface area contributed by atoms with E-state index in [1.807, 2.05) is 12.4 Å². The summed E-state index contributed by atoms with van der Waals surface area (Å²) in [5, 5.41) is 0. The van der Waals surface area contributed by atoms with Crippen LogP contribution in [0.3, 0.4) is 0 Å². The highest BCUT2D eigenvalue weighted by Crippen LogP contribution is 2.39. The maximum absolute atomic E-state index is 3.40. The van der Waals surface area contributed by atoms with E-state index in [0.717, 1.165) is 0 Å². The third-order valence-corrected chi connectivity index (χ3v) is 6.22. The summed E-state index contributed by atoms with van der Waals surface area (Å²) in [6, 6.07) is 29.7. The first-order chi connectivity index (χ1) is 12.4. The van der Waals surface area contributed by atoms with Gasteiger partial charge in [0.15, 0.2) is 0 Å². The molecule has 0 atom stereocenters. The van der Waals surface area contributed by atoms with Gasteiger partial charge in [0.2, 0.25) is 0 Å². The Kier molecular flexibility index (Phi) is 4.63. The van der Waals surface area contributed by atoms with Crippen molar-refractivity contribution in [2.75, 3.05) is 0 Å². The highest BCUT2D eigenvalue weighted by atomic mass is 31.1. The Bertz CT molecular complexity index is 849. The van der Waals surface area contributed by atoms with E-state index in [1.54, 1.807) is 0 Å². The Labute approximate surface area is 149 Å². The van der Waals surface area contributed by atoms with E-state index in [2.05, 4.69) is 101 Å². The number of hydrogen-bond acceptors (Lipinski definition) is 0. The summed E-state index contributed by atoms with van der Waals surface area (Å²) in [5.41, 5.74) is 6.21. The second-order valence-corrected chi connectivity index (χ2v) is 7.72. The maximum atomic E-state index is 3.40. The molecule has 0 bridgehead atoms. The molecule has 2 heterocycles. The molecule has 2 nitrogen and oxygen atoms in total. The number of nitrogens with one attached hydrogen (secondary N) is 2. The number of H-pyrrole nitrogens is 2. The van der Waals surface area contributed by atoms with Gasteiger partial charge in [-0.1, -0.05) is 60.7 Å². The van der Waals surface area contributed by atoms with Gasteiger partial charge < -0.3 is 9.97 Å². The Hall–Kier alpha value is -2.83. The lowest BCUT2D eigenvalue weighted by molar-refractivity contribution is 1.45. The fraction of sp³-hybridized carbons (Fsp3) is 0. The fourth-order valence-corrected chi connectivity index (χ4v) is 4.91. The second-order valence-electron chi connectivity index (χ2n) is 5.76. The van der Waals surface area contributed by atoms with E-state index in [1.165, 1.54) is 27.6 Å². The molecule has 0 aliphatic heterocycles. The van der Waals surface area contributed by atoms with Crippen molar-refractivity contribution in [3.05, 3.63) is 114 Å². The molecule has 0 amide bonds. The lowest BCUT2D eigenvalue weighted by atomic mass is 10.00. The minimum Gasteiger partial charge on any atom is -0.361 e. The van der Waals surface area contributed by atoms with E-state index in [9.17, 15) is 0 Å². The van der Waals surface area contributed by atoms with Gasteiger partial charge in [0.25, 0.3) is 0 Å². The fourth-order valence-electron chi connectivity index (χ4n) is 2.89. The first-order valence-corrected chi connectivity index (χ1v) is 9.71. The van der Waals surface area contributed by atoms with Gasteiger partial charge in [-0.25, -0.2) is 0 Å². The van der Waals surface area contributed by atoms with Crippen LogP contribution in [0.25, 0.3) is 5.57 Å². The first-order valence-electron chi connectivity index (χ1n) is 8.30. The number of rotatable bonds is 5. The summed E-state index contributed by atoms with van der Waals surface area (Å²) in [6.45, 7) is 0. The van der Waals surface area contributed by atoms with E-state index in [-0.39, 0.29) is 0 Å². The average Bonchev–Trinajstić information content (AvgIpc) is 3.38. The van der Waals surface area contributed by atoms with Crippen LogP contribution >= 0.6 is 7.92 Å². The van der Waals surface area contributed by atoms with Crippen LogP contribution in [0, 0.1) is 0 Å². The van der Waals surface area contributed by atoms with E-state index < -0.39 is 7.92 Å². The molecule has 0 unspecified atom stereocenters. The van der Waals surface area contributed by atoms with Crippen LogP contribution in [0.4, 0.5) is 0 Å². The van der Waals surface area contributed by atoms with Crippen LogP contribution in [0.1, 0.15) is 11.1 Å². The van der Waals surface area contributed by atoms with Crippen LogP contribution in [-0.2, 0) is 0 Å². The molecule has 0 spiro atoms. The Morgan fingerprint density at radius 2 is 1.08 bits per heavy atom. The average molecular weight is 342 g/mol. The van der Waals surface area contributed by atoms with Crippen LogP contribution in [0.5, 0.6) is 0 Å². The van der Waals surface area contributed by atoms with Gasteiger partial charge in [-0.2, -0.15) is 0 Å². The maximum Gasteiger partial charge on any atom is 0.0485 e. The van der Waals surface area contributed by atoms with Crippen molar-refractivity contribution in [2.24, 2.45) is 0 Å². The highest BCUT2D eigenvalue weighted by molar-refractivity contribution is 7.75. The molecule has 0 fully saturated rings. The van der Waals surface area contributed by atoms with Gasteiger partial charge in [-0.05, 0) is 46.8 Å².